The summed E-state index contributed by atoms with van der Waals surface area (Å²) in [6.07, 6.45) is 1.75. The molecule has 2 amide bonds. The van der Waals surface area contributed by atoms with Gasteiger partial charge in [0.1, 0.15) is 18.0 Å². The van der Waals surface area contributed by atoms with Crippen LogP contribution in [0.3, 0.4) is 0 Å². The van der Waals surface area contributed by atoms with Gasteiger partial charge in [0.05, 0.1) is 12.8 Å². The number of aromatic nitrogens is 2. The number of rotatable bonds is 6. The smallest absolute Gasteiger partial charge is 0.350 e. The second-order valence-corrected chi connectivity index (χ2v) is 6.02. The molecule has 10 heteroatoms. The van der Waals surface area contributed by atoms with Crippen molar-refractivity contribution in [2.75, 3.05) is 12.1 Å². The number of ether oxygens (including phenoxy) is 2. The molecule has 0 aliphatic rings. The van der Waals surface area contributed by atoms with Gasteiger partial charge in [0.25, 0.3) is 0 Å². The van der Waals surface area contributed by atoms with Crippen molar-refractivity contribution in [1.82, 2.24) is 15.2 Å². The first kappa shape index (κ1) is 19.5. The number of halogens is 1. The van der Waals surface area contributed by atoms with Crippen LogP contribution in [0.4, 0.5) is 10.5 Å². The van der Waals surface area contributed by atoms with E-state index < -0.39 is 6.03 Å². The highest BCUT2D eigenvalue weighted by Gasteiger charge is 2.17. The standard InChI is InChI=1S/C18H19ClN6O3/c1-27-16-8-3-2-6-15(16)24-10-9-17(23-24)28-11-12-13(19)5-4-7-14(12)25(21)18(26)22-20/h2-10H,11,20-21H2,1H3,(H,22,26). The minimum Gasteiger partial charge on any atom is -0.494 e. The first-order chi connectivity index (χ1) is 13.5. The third-order valence-corrected chi connectivity index (χ3v) is 4.31. The molecule has 0 saturated heterocycles. The molecule has 0 saturated carbocycles. The maximum Gasteiger partial charge on any atom is 0.350 e. The van der Waals surface area contributed by atoms with E-state index in [9.17, 15) is 4.79 Å². The summed E-state index contributed by atoms with van der Waals surface area (Å²) in [6.45, 7) is 0.0451. The lowest BCUT2D eigenvalue weighted by Crippen LogP contribution is -2.48. The average Bonchev–Trinajstić information content (AvgIpc) is 3.20. The van der Waals surface area contributed by atoms with Crippen molar-refractivity contribution in [3.63, 3.8) is 0 Å². The summed E-state index contributed by atoms with van der Waals surface area (Å²) < 4.78 is 12.7. The second kappa shape index (κ2) is 8.61. The van der Waals surface area contributed by atoms with Crippen molar-refractivity contribution in [1.29, 1.82) is 0 Å². The predicted octanol–water partition coefficient (Wildman–Crippen LogP) is 2.38. The molecule has 0 spiro atoms. The van der Waals surface area contributed by atoms with Crippen molar-refractivity contribution in [2.24, 2.45) is 11.7 Å². The molecule has 0 atom stereocenters. The predicted molar refractivity (Wildman–Crippen MR) is 105 cm³/mol. The number of hydrogen-bond acceptors (Lipinski definition) is 6. The number of hydrogen-bond donors (Lipinski definition) is 3. The lowest BCUT2D eigenvalue weighted by atomic mass is 10.2. The van der Waals surface area contributed by atoms with Crippen LogP contribution in [0, 0.1) is 0 Å². The molecule has 0 bridgehead atoms. The van der Waals surface area contributed by atoms with Crippen LogP contribution >= 0.6 is 11.6 Å². The van der Waals surface area contributed by atoms with Gasteiger partial charge in [0.2, 0.25) is 5.88 Å². The van der Waals surface area contributed by atoms with Crippen LogP contribution in [0.15, 0.2) is 54.7 Å². The Hall–Kier alpha value is -3.27. The summed E-state index contributed by atoms with van der Waals surface area (Å²) in [5.41, 5.74) is 3.61. The van der Waals surface area contributed by atoms with E-state index in [2.05, 4.69) is 5.10 Å². The summed E-state index contributed by atoms with van der Waals surface area (Å²) in [5.74, 6) is 12.0. The van der Waals surface area contributed by atoms with Gasteiger partial charge in [-0.3, -0.25) is 5.43 Å². The molecule has 28 heavy (non-hydrogen) atoms. The van der Waals surface area contributed by atoms with E-state index in [1.165, 1.54) is 0 Å². The number of carbonyl (C=O) groups excluding carboxylic acids is 1. The van der Waals surface area contributed by atoms with Crippen molar-refractivity contribution < 1.29 is 14.3 Å². The van der Waals surface area contributed by atoms with Crippen LogP contribution in [-0.2, 0) is 6.61 Å². The summed E-state index contributed by atoms with van der Waals surface area (Å²) >= 11 is 6.26. The highest BCUT2D eigenvalue weighted by molar-refractivity contribution is 6.31. The fourth-order valence-corrected chi connectivity index (χ4v) is 2.80. The topological polar surface area (TPSA) is 121 Å². The molecule has 2 aromatic carbocycles. The summed E-state index contributed by atoms with van der Waals surface area (Å²) in [4.78, 5) is 11.7. The van der Waals surface area contributed by atoms with E-state index in [1.807, 2.05) is 29.7 Å². The monoisotopic (exact) mass is 402 g/mol. The van der Waals surface area contributed by atoms with Gasteiger partial charge < -0.3 is 9.47 Å². The number of urea groups is 1. The number of anilines is 1. The van der Waals surface area contributed by atoms with Crippen molar-refractivity contribution in [3.05, 3.63) is 65.3 Å². The normalized spacial score (nSPS) is 10.4. The minimum absolute atomic E-state index is 0.0451. The van der Waals surface area contributed by atoms with Gasteiger partial charge in [-0.2, -0.15) is 0 Å². The number of amides is 2. The number of methoxy groups -OCH3 is 1. The fourth-order valence-electron chi connectivity index (χ4n) is 2.58. The van der Waals surface area contributed by atoms with Gasteiger partial charge in [0.15, 0.2) is 0 Å². The Morgan fingerprint density at radius 2 is 2.04 bits per heavy atom. The lowest BCUT2D eigenvalue weighted by Gasteiger charge is -2.20. The third kappa shape index (κ3) is 4.01. The van der Waals surface area contributed by atoms with E-state index in [0.717, 1.165) is 10.7 Å². The fraction of sp³-hybridized carbons (Fsp3) is 0.111. The largest absolute Gasteiger partial charge is 0.494 e. The van der Waals surface area contributed by atoms with Crippen LogP contribution in [0.2, 0.25) is 5.02 Å². The van der Waals surface area contributed by atoms with E-state index in [0.29, 0.717) is 27.9 Å². The Labute approximate surface area is 166 Å². The maximum absolute atomic E-state index is 11.7. The van der Waals surface area contributed by atoms with Crippen molar-refractivity contribution in [2.45, 2.75) is 6.61 Å². The first-order valence-electron chi connectivity index (χ1n) is 8.19. The Morgan fingerprint density at radius 1 is 1.25 bits per heavy atom. The van der Waals surface area contributed by atoms with Gasteiger partial charge in [-0.05, 0) is 24.3 Å². The summed E-state index contributed by atoms with van der Waals surface area (Å²) in [6, 6.07) is 13.5. The summed E-state index contributed by atoms with van der Waals surface area (Å²) in [7, 11) is 1.59. The zero-order valence-electron chi connectivity index (χ0n) is 15.0. The highest BCUT2D eigenvalue weighted by atomic mass is 35.5. The maximum atomic E-state index is 11.7. The van der Waals surface area contributed by atoms with E-state index in [4.69, 9.17) is 32.8 Å². The van der Waals surface area contributed by atoms with Crippen LogP contribution < -0.4 is 31.6 Å². The third-order valence-electron chi connectivity index (χ3n) is 3.96. The molecular formula is C18H19ClN6O3. The number of para-hydroxylation sites is 2. The van der Waals surface area contributed by atoms with Crippen molar-refractivity contribution in [3.8, 4) is 17.3 Å². The van der Waals surface area contributed by atoms with Crippen molar-refractivity contribution >= 4 is 23.3 Å². The molecule has 5 N–H and O–H groups in total. The van der Waals surface area contributed by atoms with Gasteiger partial charge in [-0.15, -0.1) is 5.10 Å². The molecule has 0 radical (unpaired) electrons. The van der Waals surface area contributed by atoms with Gasteiger partial charge >= 0.3 is 6.03 Å². The molecule has 9 nitrogen and oxygen atoms in total. The first-order valence-corrected chi connectivity index (χ1v) is 8.57. The van der Waals surface area contributed by atoms with Gasteiger partial charge in [-0.1, -0.05) is 29.8 Å². The molecule has 0 aliphatic heterocycles. The molecule has 3 aromatic rings. The molecule has 0 unspecified atom stereocenters. The number of nitrogens with one attached hydrogen (secondary N) is 1. The Balaban J connectivity index is 1.81. The number of carbonyl (C=O) groups is 1. The number of nitrogens with two attached hydrogens (primary N) is 2. The lowest BCUT2D eigenvalue weighted by molar-refractivity contribution is 0.246. The minimum atomic E-state index is -0.691. The Kier molecular flexibility index (Phi) is 5.99. The molecule has 0 aliphatic carbocycles. The zero-order valence-corrected chi connectivity index (χ0v) is 15.8. The molecule has 1 aromatic heterocycles. The summed E-state index contributed by atoms with van der Waals surface area (Å²) in [5, 5.41) is 5.64. The van der Waals surface area contributed by atoms with Gasteiger partial charge in [0, 0.05) is 22.8 Å². The molecular weight excluding hydrogens is 384 g/mol. The molecule has 0 fully saturated rings. The van der Waals surface area contributed by atoms with Gasteiger partial charge in [-0.25, -0.2) is 26.2 Å². The van der Waals surface area contributed by atoms with E-state index >= 15 is 0 Å². The number of benzene rings is 2. The quantitative estimate of drug-likeness (QED) is 0.330. The van der Waals surface area contributed by atoms with Crippen LogP contribution in [0.25, 0.3) is 5.69 Å². The highest BCUT2D eigenvalue weighted by Crippen LogP contribution is 2.28. The SMILES string of the molecule is COc1ccccc1-n1ccc(OCc2c(Cl)cccc2N(N)C(=O)NN)n1. The molecule has 1 heterocycles. The Morgan fingerprint density at radius 3 is 2.79 bits per heavy atom. The second-order valence-electron chi connectivity index (χ2n) is 5.62. The average molecular weight is 403 g/mol. The van der Waals surface area contributed by atoms with Crippen LogP contribution in [0.5, 0.6) is 11.6 Å². The molecule has 146 valence electrons. The number of hydrazine groups is 2. The molecule has 3 rings (SSSR count). The number of nitrogens with zero attached hydrogens (tertiary/aromatic N) is 3. The van der Waals surface area contributed by atoms with Crippen LogP contribution in [0.1, 0.15) is 5.56 Å². The zero-order chi connectivity index (χ0) is 20.1. The van der Waals surface area contributed by atoms with Crippen LogP contribution in [-0.4, -0.2) is 22.9 Å². The van der Waals surface area contributed by atoms with E-state index in [-0.39, 0.29) is 6.61 Å². The Bertz CT molecular complexity index is 977. The van der Waals surface area contributed by atoms with E-state index in [1.54, 1.807) is 42.3 Å².